The van der Waals surface area contributed by atoms with Crippen molar-refractivity contribution >= 4 is 40.5 Å². The van der Waals surface area contributed by atoms with Gasteiger partial charge in [0.15, 0.2) is 5.84 Å². The van der Waals surface area contributed by atoms with Gasteiger partial charge in [0.25, 0.3) is 0 Å². The number of nitrogens with zero attached hydrogens (tertiary/aromatic N) is 2. The monoisotopic (exact) mass is 473 g/mol. The third-order valence-electron chi connectivity index (χ3n) is 4.89. The second-order valence-corrected chi connectivity index (χ2v) is 9.37. The number of nitrogens with two attached hydrogens (primary N) is 4. The number of amidine groups is 1. The zero-order chi connectivity index (χ0) is 23.0. The number of nitrogens with one attached hydrogen (secondary N) is 3. The van der Waals surface area contributed by atoms with E-state index in [2.05, 4.69) is 20.7 Å². The summed E-state index contributed by atoms with van der Waals surface area (Å²) < 4.78 is 28.6. The number of hydrazone groups is 1. The molecule has 1 fully saturated rings. The van der Waals surface area contributed by atoms with Crippen molar-refractivity contribution in [3.8, 4) is 0 Å². The maximum absolute atomic E-state index is 13.0. The summed E-state index contributed by atoms with van der Waals surface area (Å²) >= 11 is -3.68. The maximum Gasteiger partial charge on any atom is 0.243 e. The highest BCUT2D eigenvalue weighted by atomic mass is 32.2. The first-order valence-electron chi connectivity index (χ1n) is 9.73. The van der Waals surface area contributed by atoms with Gasteiger partial charge in [-0.2, -0.15) is 0 Å². The maximum atomic E-state index is 13.0. The summed E-state index contributed by atoms with van der Waals surface area (Å²) in [5.74, 6) is 5.24. The molecule has 174 valence electrons. The van der Waals surface area contributed by atoms with Gasteiger partial charge in [0, 0.05) is 26.2 Å². The van der Waals surface area contributed by atoms with Crippen molar-refractivity contribution in [2.24, 2.45) is 27.6 Å². The molecule has 14 heteroatoms. The van der Waals surface area contributed by atoms with Gasteiger partial charge >= 0.3 is 0 Å². The van der Waals surface area contributed by atoms with E-state index in [1.807, 2.05) is 4.90 Å². The zero-order valence-corrected chi connectivity index (χ0v) is 19.0. The van der Waals surface area contributed by atoms with Crippen molar-refractivity contribution in [1.82, 2.24) is 15.6 Å². The van der Waals surface area contributed by atoms with Gasteiger partial charge in [0.1, 0.15) is 11.8 Å². The van der Waals surface area contributed by atoms with Crippen LogP contribution in [0.4, 0.5) is 5.69 Å². The highest BCUT2D eigenvalue weighted by molar-refractivity contribution is 7.92. The average molecular weight is 474 g/mol. The molecule has 11 N–H and O–H groups in total. The van der Waals surface area contributed by atoms with Crippen molar-refractivity contribution < 1.29 is 13.9 Å². The lowest BCUT2D eigenvalue weighted by molar-refractivity contribution is -0.109. The summed E-state index contributed by atoms with van der Waals surface area (Å²) in [6.45, 7) is 2.04. The van der Waals surface area contributed by atoms with E-state index in [1.165, 1.54) is 0 Å². The van der Waals surface area contributed by atoms with Crippen LogP contribution in [0, 0.1) is 0 Å². The van der Waals surface area contributed by atoms with Gasteiger partial charge in [0.2, 0.25) is 9.79 Å². The Bertz CT molecular complexity index is 763. The molecule has 4 atom stereocenters. The molecule has 0 aromatic heterocycles. The molecule has 1 aromatic carbocycles. The van der Waals surface area contributed by atoms with Crippen LogP contribution in [-0.2, 0) is 27.5 Å². The minimum Gasteiger partial charge on any atom is -0.593 e. The topological polar surface area (TPSA) is 219 Å². The molecule has 0 amide bonds. The summed E-state index contributed by atoms with van der Waals surface area (Å²) in [7, 11) is 1.80. The molecule has 12 nitrogen and oxygen atoms in total. The largest absolute Gasteiger partial charge is 0.593 e. The fraction of sp³-hybridized carbons (Fsp3) is 0.529. The van der Waals surface area contributed by atoms with Gasteiger partial charge < -0.3 is 35.6 Å². The first-order chi connectivity index (χ1) is 14.8. The fourth-order valence-electron chi connectivity index (χ4n) is 3.31. The van der Waals surface area contributed by atoms with E-state index in [4.69, 9.17) is 22.4 Å². The molecule has 2 unspecified atom stereocenters. The van der Waals surface area contributed by atoms with Gasteiger partial charge in [0.05, 0.1) is 40.5 Å². The Labute approximate surface area is 188 Å². The second kappa shape index (κ2) is 12.4. The lowest BCUT2D eigenvalue weighted by atomic mass is 10.1. The standard InChI is InChI=1S/C17H31N9O3S2/c1-26(8-2-3-11(18)10-27)13-4-5-14(31(29)24-12-6-7-22-9-12)16(30(21)28)15(13)17(19)23-25-20/h4-5,10-12,22,24-25H,2-3,6-9,18,20-21H2,1H3,(H2,19,23)/t11-,12+,30?,31?/m0/s1. The smallest absolute Gasteiger partial charge is 0.243 e. The molecule has 0 saturated carbocycles. The molecule has 0 aliphatic carbocycles. The first kappa shape index (κ1) is 25.6. The zero-order valence-electron chi connectivity index (χ0n) is 17.4. The molecule has 1 aromatic rings. The summed E-state index contributed by atoms with van der Waals surface area (Å²) in [6.07, 6.45) is 2.67. The SMILES string of the molecule is CN(CCC[C@H](N)C=O)c1ccc([S+]([O-])N[C@@H]2CCNC2)c([S+](N)[O-])c1/C(N)=N/NN. The molecule has 1 saturated heterocycles. The van der Waals surface area contributed by atoms with E-state index in [0.29, 0.717) is 37.9 Å². The number of rotatable bonds is 12. The van der Waals surface area contributed by atoms with Crippen molar-refractivity contribution in [3.63, 3.8) is 0 Å². The van der Waals surface area contributed by atoms with E-state index in [0.717, 1.165) is 13.0 Å². The van der Waals surface area contributed by atoms with Crippen LogP contribution in [0.25, 0.3) is 0 Å². The van der Waals surface area contributed by atoms with Crippen LogP contribution < -0.4 is 42.9 Å². The summed E-state index contributed by atoms with van der Waals surface area (Å²) in [4.78, 5) is 13.0. The van der Waals surface area contributed by atoms with E-state index < -0.39 is 28.8 Å². The molecule has 1 aliphatic heterocycles. The van der Waals surface area contributed by atoms with Crippen molar-refractivity contribution in [3.05, 3.63) is 17.7 Å². The van der Waals surface area contributed by atoms with E-state index in [9.17, 15) is 13.9 Å². The van der Waals surface area contributed by atoms with Gasteiger partial charge in [-0.3, -0.25) is 0 Å². The van der Waals surface area contributed by atoms with Crippen molar-refractivity contribution in [1.29, 1.82) is 0 Å². The normalized spacial score (nSPS) is 19.7. The highest BCUT2D eigenvalue weighted by Gasteiger charge is 2.34. The van der Waals surface area contributed by atoms with Crippen LogP contribution in [0.1, 0.15) is 24.8 Å². The summed E-state index contributed by atoms with van der Waals surface area (Å²) in [5, 5.41) is 12.8. The predicted octanol–water partition coefficient (Wildman–Crippen LogP) is -2.53. The Morgan fingerprint density at radius 2 is 2.23 bits per heavy atom. The predicted molar refractivity (Wildman–Crippen MR) is 122 cm³/mol. The van der Waals surface area contributed by atoms with E-state index in [1.54, 1.807) is 19.2 Å². The Morgan fingerprint density at radius 3 is 2.81 bits per heavy atom. The molecule has 0 radical (unpaired) electrons. The Hall–Kier alpha value is -1.62. The van der Waals surface area contributed by atoms with Gasteiger partial charge in [-0.05, 0) is 31.9 Å². The first-order valence-corrected chi connectivity index (χ1v) is 12.1. The van der Waals surface area contributed by atoms with Crippen LogP contribution in [0.2, 0.25) is 0 Å². The second-order valence-electron chi connectivity index (χ2n) is 7.15. The molecule has 1 aliphatic rings. The molecular weight excluding hydrogens is 442 g/mol. The molecular formula is C17H31N9O3S2. The summed E-state index contributed by atoms with van der Waals surface area (Å²) in [5.41, 5.74) is 14.7. The Balaban J connectivity index is 2.42. The van der Waals surface area contributed by atoms with Crippen LogP contribution in [0.5, 0.6) is 0 Å². The van der Waals surface area contributed by atoms with E-state index in [-0.39, 0.29) is 27.2 Å². The molecule has 0 spiro atoms. The number of hydrazine groups is 1. The quantitative estimate of drug-likeness (QED) is 0.0419. The lowest BCUT2D eigenvalue weighted by Gasteiger charge is -2.25. The number of benzene rings is 1. The lowest BCUT2D eigenvalue weighted by Crippen LogP contribution is -2.38. The van der Waals surface area contributed by atoms with Gasteiger partial charge in [-0.15, -0.1) is 15.0 Å². The number of anilines is 1. The third kappa shape index (κ3) is 6.93. The van der Waals surface area contributed by atoms with Crippen molar-refractivity contribution in [2.75, 3.05) is 31.6 Å². The van der Waals surface area contributed by atoms with Gasteiger partial charge in [-0.25, -0.2) is 11.4 Å². The van der Waals surface area contributed by atoms with Crippen LogP contribution in [0.15, 0.2) is 27.0 Å². The van der Waals surface area contributed by atoms with Crippen LogP contribution in [0.3, 0.4) is 0 Å². The minimum absolute atomic E-state index is 0.0180. The Kier molecular flexibility index (Phi) is 10.3. The average Bonchev–Trinajstić information content (AvgIpc) is 3.25. The third-order valence-corrected chi connectivity index (χ3v) is 7.14. The Morgan fingerprint density at radius 1 is 1.48 bits per heavy atom. The molecule has 31 heavy (non-hydrogen) atoms. The van der Waals surface area contributed by atoms with Gasteiger partial charge in [-0.1, -0.05) is 0 Å². The van der Waals surface area contributed by atoms with Crippen LogP contribution >= 0.6 is 0 Å². The number of carbonyl (C=O) groups is 1. The van der Waals surface area contributed by atoms with E-state index >= 15 is 0 Å². The number of hydrogen-bond acceptors (Lipinski definition) is 11. The van der Waals surface area contributed by atoms with Crippen LogP contribution in [-0.4, -0.2) is 60.0 Å². The fourth-order valence-corrected chi connectivity index (χ4v) is 5.56. The molecule has 1 heterocycles. The number of aldehydes is 1. The number of hydrogen-bond donors (Lipinski definition) is 7. The van der Waals surface area contributed by atoms with Crippen molar-refractivity contribution in [2.45, 2.75) is 41.1 Å². The minimum atomic E-state index is -2.01. The summed E-state index contributed by atoms with van der Waals surface area (Å²) in [6, 6.07) is 2.81. The highest BCUT2D eigenvalue weighted by Crippen LogP contribution is 2.32. The molecule has 2 rings (SSSR count). The molecule has 0 bridgehead atoms. The number of carbonyl (C=O) groups excluding carboxylic acids is 1.